The van der Waals surface area contributed by atoms with Crippen LogP contribution >= 0.6 is 22.9 Å². The zero-order valence-electron chi connectivity index (χ0n) is 22.0. The van der Waals surface area contributed by atoms with Gasteiger partial charge in [0.2, 0.25) is 0 Å². The standard InChI is InChI=1S/C30H32ClFN4O2S/c1-3-38-24-12-7-18(19-13-14-35-26(33)16-19)15-20(24)17-36(22-10-8-21(34-2)9-11-22)30(37)29-28(31)27-23(32)5-4-6-25(27)39-29/h4-7,12-16,21-22,34H,3,8-11,17H2,1-2H3,(H2,33,35). The van der Waals surface area contributed by atoms with Crippen molar-refractivity contribution in [2.24, 2.45) is 0 Å². The van der Waals surface area contributed by atoms with Gasteiger partial charge in [0, 0.05) is 40.5 Å². The molecule has 204 valence electrons. The van der Waals surface area contributed by atoms with Crippen molar-refractivity contribution in [2.45, 2.75) is 51.2 Å². The fraction of sp³-hybridized carbons (Fsp3) is 0.333. The van der Waals surface area contributed by atoms with Gasteiger partial charge in [0.05, 0.1) is 11.6 Å². The molecule has 39 heavy (non-hydrogen) atoms. The van der Waals surface area contributed by atoms with Crippen molar-refractivity contribution in [1.82, 2.24) is 15.2 Å². The molecule has 2 aromatic heterocycles. The van der Waals surface area contributed by atoms with Crippen LogP contribution in [-0.2, 0) is 6.54 Å². The average molecular weight is 567 g/mol. The number of rotatable bonds is 8. The first-order valence-corrected chi connectivity index (χ1v) is 14.4. The number of anilines is 1. The maximum absolute atomic E-state index is 14.6. The first kappa shape index (κ1) is 27.4. The van der Waals surface area contributed by atoms with Crippen LogP contribution in [0.4, 0.5) is 10.2 Å². The monoisotopic (exact) mass is 566 g/mol. The zero-order valence-corrected chi connectivity index (χ0v) is 23.6. The molecule has 4 aromatic rings. The number of aromatic nitrogens is 1. The van der Waals surface area contributed by atoms with Crippen LogP contribution in [-0.4, -0.2) is 41.5 Å². The normalized spacial score (nSPS) is 17.3. The molecule has 0 unspecified atom stereocenters. The summed E-state index contributed by atoms with van der Waals surface area (Å²) >= 11 is 7.90. The van der Waals surface area contributed by atoms with Crippen molar-refractivity contribution in [3.8, 4) is 16.9 Å². The van der Waals surface area contributed by atoms with Gasteiger partial charge in [-0.2, -0.15) is 0 Å². The Morgan fingerprint density at radius 1 is 1.18 bits per heavy atom. The van der Waals surface area contributed by atoms with Gasteiger partial charge in [-0.05, 0) is 87.2 Å². The molecule has 9 heteroatoms. The quantitative estimate of drug-likeness (QED) is 0.242. The van der Waals surface area contributed by atoms with E-state index in [0.29, 0.717) is 40.0 Å². The minimum Gasteiger partial charge on any atom is -0.494 e. The summed E-state index contributed by atoms with van der Waals surface area (Å²) in [6, 6.07) is 15.0. The molecule has 3 N–H and O–H groups in total. The summed E-state index contributed by atoms with van der Waals surface area (Å²) in [7, 11) is 1.98. The van der Waals surface area contributed by atoms with Gasteiger partial charge in [0.15, 0.2) is 0 Å². The lowest BCUT2D eigenvalue weighted by Crippen LogP contribution is -2.44. The maximum Gasteiger partial charge on any atom is 0.266 e. The second kappa shape index (κ2) is 11.9. The van der Waals surface area contributed by atoms with Gasteiger partial charge < -0.3 is 20.7 Å². The largest absolute Gasteiger partial charge is 0.494 e. The van der Waals surface area contributed by atoms with Crippen molar-refractivity contribution in [3.63, 3.8) is 0 Å². The lowest BCUT2D eigenvalue weighted by molar-refractivity contribution is 0.0604. The van der Waals surface area contributed by atoms with Crippen molar-refractivity contribution in [1.29, 1.82) is 0 Å². The topological polar surface area (TPSA) is 80.5 Å². The number of nitrogens with two attached hydrogens (primary N) is 1. The van der Waals surface area contributed by atoms with Crippen molar-refractivity contribution < 1.29 is 13.9 Å². The molecule has 0 saturated heterocycles. The summed E-state index contributed by atoms with van der Waals surface area (Å²) in [5, 5.41) is 3.85. The molecule has 0 bridgehead atoms. The molecule has 0 spiro atoms. The molecule has 6 nitrogen and oxygen atoms in total. The van der Waals surface area contributed by atoms with Crippen LogP contribution in [0.2, 0.25) is 5.02 Å². The van der Waals surface area contributed by atoms with E-state index in [1.807, 2.05) is 49.2 Å². The Morgan fingerprint density at radius 2 is 1.95 bits per heavy atom. The Kier molecular flexibility index (Phi) is 8.35. The number of thiophene rings is 1. The summed E-state index contributed by atoms with van der Waals surface area (Å²) in [4.78, 5) is 20.6. The predicted molar refractivity (Wildman–Crippen MR) is 157 cm³/mol. The van der Waals surface area contributed by atoms with E-state index >= 15 is 0 Å². The zero-order chi connectivity index (χ0) is 27.5. The van der Waals surface area contributed by atoms with E-state index in [0.717, 1.165) is 48.1 Å². The van der Waals surface area contributed by atoms with E-state index in [1.54, 1.807) is 18.3 Å². The van der Waals surface area contributed by atoms with Crippen LogP contribution in [0.5, 0.6) is 5.75 Å². The number of halogens is 2. The first-order chi connectivity index (χ1) is 18.9. The number of nitrogen functional groups attached to an aromatic ring is 1. The molecule has 1 fully saturated rings. The highest BCUT2D eigenvalue weighted by Crippen LogP contribution is 2.39. The van der Waals surface area contributed by atoms with Gasteiger partial charge in [0.1, 0.15) is 22.3 Å². The summed E-state index contributed by atoms with van der Waals surface area (Å²) in [6.07, 6.45) is 5.33. The van der Waals surface area contributed by atoms with E-state index in [4.69, 9.17) is 22.1 Å². The molecule has 1 amide bonds. The lowest BCUT2D eigenvalue weighted by atomic mass is 9.89. The Labute approximate surface area is 236 Å². The summed E-state index contributed by atoms with van der Waals surface area (Å²) < 4.78 is 21.3. The Morgan fingerprint density at radius 3 is 2.64 bits per heavy atom. The van der Waals surface area contributed by atoms with E-state index in [9.17, 15) is 9.18 Å². The van der Waals surface area contributed by atoms with E-state index in [-0.39, 0.29) is 17.0 Å². The van der Waals surface area contributed by atoms with Crippen LogP contribution in [0.1, 0.15) is 47.8 Å². The predicted octanol–water partition coefficient (Wildman–Crippen LogP) is 6.91. The van der Waals surface area contributed by atoms with Crippen LogP contribution < -0.4 is 15.8 Å². The number of pyridine rings is 1. The van der Waals surface area contributed by atoms with Crippen molar-refractivity contribution in [2.75, 3.05) is 19.4 Å². The number of amides is 1. The second-order valence-corrected chi connectivity index (χ2v) is 11.2. The maximum atomic E-state index is 14.6. The van der Waals surface area contributed by atoms with E-state index in [1.165, 1.54) is 17.4 Å². The van der Waals surface area contributed by atoms with Crippen LogP contribution in [0.25, 0.3) is 21.2 Å². The summed E-state index contributed by atoms with van der Waals surface area (Å²) in [5.74, 6) is 0.553. The highest BCUT2D eigenvalue weighted by molar-refractivity contribution is 7.21. The number of hydrogen-bond donors (Lipinski definition) is 2. The highest BCUT2D eigenvalue weighted by Gasteiger charge is 2.32. The number of benzene rings is 2. The minimum atomic E-state index is -0.420. The third-order valence-electron chi connectivity index (χ3n) is 7.42. The molecule has 5 rings (SSSR count). The SMILES string of the molecule is CCOc1ccc(-c2ccnc(N)c2)cc1CN(C(=O)c1sc2cccc(F)c2c1Cl)C1CCC(NC)CC1. The minimum absolute atomic E-state index is 0.0166. The number of ether oxygens (including phenoxy) is 1. The number of fused-ring (bicyclic) bond motifs is 1. The average Bonchev–Trinajstić information content (AvgIpc) is 3.29. The number of nitrogens with one attached hydrogen (secondary N) is 1. The molecular formula is C30H32ClFN4O2S. The Hall–Kier alpha value is -3.20. The van der Waals surface area contributed by atoms with Gasteiger partial charge in [-0.25, -0.2) is 9.37 Å². The Bertz CT molecular complexity index is 1490. The molecule has 2 heterocycles. The van der Waals surface area contributed by atoms with Gasteiger partial charge in [-0.3, -0.25) is 4.79 Å². The lowest BCUT2D eigenvalue weighted by Gasteiger charge is -2.37. The van der Waals surface area contributed by atoms with Crippen LogP contribution in [0, 0.1) is 5.82 Å². The smallest absolute Gasteiger partial charge is 0.266 e. The molecule has 0 atom stereocenters. The summed E-state index contributed by atoms with van der Waals surface area (Å²) in [6.45, 7) is 2.77. The van der Waals surface area contributed by atoms with Crippen LogP contribution in [0.3, 0.4) is 0 Å². The first-order valence-electron chi connectivity index (χ1n) is 13.2. The van der Waals surface area contributed by atoms with Gasteiger partial charge in [-0.1, -0.05) is 23.7 Å². The van der Waals surface area contributed by atoms with Crippen LogP contribution in [0.15, 0.2) is 54.7 Å². The molecule has 1 aliphatic carbocycles. The molecule has 0 aliphatic heterocycles. The fourth-order valence-electron chi connectivity index (χ4n) is 5.37. The number of hydrogen-bond acceptors (Lipinski definition) is 6. The second-order valence-electron chi connectivity index (χ2n) is 9.81. The van der Waals surface area contributed by atoms with Gasteiger partial charge in [0.25, 0.3) is 5.91 Å². The molecule has 2 aromatic carbocycles. The van der Waals surface area contributed by atoms with E-state index < -0.39 is 5.82 Å². The van der Waals surface area contributed by atoms with Gasteiger partial charge >= 0.3 is 0 Å². The molecule has 1 aliphatic rings. The fourth-order valence-corrected chi connectivity index (χ4v) is 6.88. The number of nitrogens with zero attached hydrogens (tertiary/aromatic N) is 2. The van der Waals surface area contributed by atoms with E-state index in [2.05, 4.69) is 10.3 Å². The van der Waals surface area contributed by atoms with Crippen molar-refractivity contribution in [3.05, 3.63) is 76.0 Å². The number of carbonyl (C=O) groups is 1. The highest BCUT2D eigenvalue weighted by atomic mass is 35.5. The third kappa shape index (κ3) is 5.73. The molecular weight excluding hydrogens is 535 g/mol. The summed E-state index contributed by atoms with van der Waals surface area (Å²) in [5.41, 5.74) is 8.71. The number of carbonyl (C=O) groups excluding carboxylic acids is 1. The molecule has 0 radical (unpaired) electrons. The molecule has 1 saturated carbocycles. The third-order valence-corrected chi connectivity index (χ3v) is 9.06. The van der Waals surface area contributed by atoms with Gasteiger partial charge in [-0.15, -0.1) is 11.3 Å². The van der Waals surface area contributed by atoms with Crippen molar-refractivity contribution >= 4 is 44.7 Å². The Balaban J connectivity index is 1.55.